The lowest BCUT2D eigenvalue weighted by Crippen LogP contribution is -2.52. The maximum absolute atomic E-state index is 14.4. The van der Waals surface area contributed by atoms with E-state index in [9.17, 15) is 19.2 Å². The van der Waals surface area contributed by atoms with Crippen molar-refractivity contribution in [2.75, 3.05) is 19.6 Å². The number of carbonyl (C=O) groups excluding carboxylic acids is 4. The number of hydrogen-bond donors (Lipinski definition) is 2. The van der Waals surface area contributed by atoms with Crippen LogP contribution in [0.2, 0.25) is 20.1 Å². The molecule has 0 spiro atoms. The molecule has 1 aliphatic heterocycles. The van der Waals surface area contributed by atoms with Crippen molar-refractivity contribution in [2.45, 2.75) is 70.9 Å². The predicted octanol–water partition coefficient (Wildman–Crippen LogP) is 9.38. The Hall–Kier alpha value is -3.82. The van der Waals surface area contributed by atoms with Gasteiger partial charge in [-0.15, -0.1) is 0 Å². The summed E-state index contributed by atoms with van der Waals surface area (Å²) in [6, 6.07) is 18.7. The molecule has 1 heterocycles. The third-order valence-corrected chi connectivity index (χ3v) is 9.58. The van der Waals surface area contributed by atoms with Gasteiger partial charge < -0.3 is 20.3 Å². The number of benzene rings is 3. The van der Waals surface area contributed by atoms with Crippen molar-refractivity contribution < 1.29 is 23.9 Å². The molecule has 3 aromatic rings. The van der Waals surface area contributed by atoms with E-state index in [-0.39, 0.29) is 43.5 Å². The first-order valence-corrected chi connectivity index (χ1v) is 18.6. The number of amides is 3. The van der Waals surface area contributed by atoms with E-state index in [2.05, 4.69) is 10.6 Å². The Balaban J connectivity index is 1.49. The van der Waals surface area contributed by atoms with E-state index in [1.165, 1.54) is 0 Å². The van der Waals surface area contributed by atoms with Crippen molar-refractivity contribution in [3.8, 4) is 0 Å². The summed E-state index contributed by atoms with van der Waals surface area (Å²) in [6.07, 6.45) is 6.41. The quantitative estimate of drug-likeness (QED) is 0.133. The third kappa shape index (κ3) is 13.0. The van der Waals surface area contributed by atoms with E-state index in [4.69, 9.17) is 51.1 Å². The maximum atomic E-state index is 14.4. The first kappa shape index (κ1) is 40.9. The van der Waals surface area contributed by atoms with Crippen molar-refractivity contribution in [3.63, 3.8) is 0 Å². The topological polar surface area (TPSA) is 105 Å². The number of ketones is 1. The van der Waals surface area contributed by atoms with Crippen LogP contribution < -0.4 is 10.6 Å². The van der Waals surface area contributed by atoms with Crippen LogP contribution in [0.5, 0.6) is 0 Å². The van der Waals surface area contributed by atoms with Gasteiger partial charge in [0.1, 0.15) is 11.6 Å². The summed E-state index contributed by atoms with van der Waals surface area (Å²) >= 11 is 24.8. The molecule has 3 aromatic carbocycles. The van der Waals surface area contributed by atoms with Crippen molar-refractivity contribution in [1.82, 2.24) is 15.5 Å². The third-order valence-electron chi connectivity index (χ3n) is 8.10. The number of halogens is 4. The summed E-state index contributed by atoms with van der Waals surface area (Å²) < 4.78 is 5.25. The highest BCUT2D eigenvalue weighted by atomic mass is 35.5. The second kappa shape index (κ2) is 19.3. The van der Waals surface area contributed by atoms with Gasteiger partial charge in [-0.1, -0.05) is 102 Å². The number of rotatable bonds is 13. The molecule has 3 amide bonds. The number of piperidine rings is 1. The second-order valence-electron chi connectivity index (χ2n) is 13.6. The number of hydrogen-bond acceptors (Lipinski definition) is 5. The molecule has 0 aliphatic carbocycles. The smallest absolute Gasteiger partial charge is 0.407 e. The zero-order chi connectivity index (χ0) is 37.8. The highest BCUT2D eigenvalue weighted by Crippen LogP contribution is 2.29. The fraction of sp³-hybridized carbons (Fsp3) is 0.350. The largest absolute Gasteiger partial charge is 0.444 e. The molecule has 0 saturated carbocycles. The van der Waals surface area contributed by atoms with E-state index in [1.54, 1.807) is 53.5 Å². The van der Waals surface area contributed by atoms with Crippen LogP contribution in [0.1, 0.15) is 69.6 Å². The summed E-state index contributed by atoms with van der Waals surface area (Å²) in [5.74, 6) is -0.795. The maximum Gasteiger partial charge on any atom is 0.407 e. The normalized spacial score (nSPS) is 15.4. The van der Waals surface area contributed by atoms with Crippen molar-refractivity contribution >= 4 is 82.2 Å². The molecule has 12 heteroatoms. The summed E-state index contributed by atoms with van der Waals surface area (Å²) in [6.45, 7) is 5.96. The van der Waals surface area contributed by atoms with Crippen LogP contribution in [0.15, 0.2) is 77.9 Å². The molecule has 1 saturated heterocycles. The molecule has 2 N–H and O–H groups in total. The zero-order valence-corrected chi connectivity index (χ0v) is 32.5. The summed E-state index contributed by atoms with van der Waals surface area (Å²) in [7, 11) is 0. The van der Waals surface area contributed by atoms with Gasteiger partial charge >= 0.3 is 6.09 Å². The molecule has 0 radical (unpaired) electrons. The van der Waals surface area contributed by atoms with E-state index < -0.39 is 17.7 Å². The van der Waals surface area contributed by atoms with E-state index in [0.29, 0.717) is 55.3 Å². The number of alkyl carbamates (subject to hydrolysis) is 1. The molecule has 0 bridgehead atoms. The average Bonchev–Trinajstić information content (AvgIpc) is 3.08. The molecule has 0 aromatic heterocycles. The lowest BCUT2D eigenvalue weighted by molar-refractivity contribution is -0.136. The van der Waals surface area contributed by atoms with E-state index >= 15 is 0 Å². The van der Waals surface area contributed by atoms with Gasteiger partial charge in [0.25, 0.3) is 0 Å². The number of likely N-dealkylation sites (tertiary alicyclic amines) is 1. The fourth-order valence-electron chi connectivity index (χ4n) is 5.61. The van der Waals surface area contributed by atoms with E-state index in [0.717, 1.165) is 24.8 Å². The zero-order valence-electron chi connectivity index (χ0n) is 29.4. The second-order valence-corrected chi connectivity index (χ2v) is 15.2. The van der Waals surface area contributed by atoms with Crippen molar-refractivity contribution in [1.29, 1.82) is 0 Å². The molecule has 1 atom stereocenters. The monoisotopic (exact) mass is 785 g/mol. The number of Topliss-reactive ketones (excluding diaryl/α,β-unsaturated/α-hetero) is 1. The Morgan fingerprint density at radius 2 is 1.35 bits per heavy atom. The Morgan fingerprint density at radius 1 is 0.788 bits per heavy atom. The highest BCUT2D eigenvalue weighted by molar-refractivity contribution is 6.42. The number of nitrogens with zero attached hydrogens (tertiary/aromatic N) is 1. The van der Waals surface area contributed by atoms with Crippen LogP contribution in [0.25, 0.3) is 12.2 Å². The van der Waals surface area contributed by atoms with Gasteiger partial charge in [0.2, 0.25) is 11.8 Å². The average molecular weight is 788 g/mol. The molecule has 276 valence electrons. The Kier molecular flexibility index (Phi) is 15.2. The van der Waals surface area contributed by atoms with E-state index in [1.807, 2.05) is 51.1 Å². The van der Waals surface area contributed by atoms with Gasteiger partial charge in [-0.25, -0.2) is 4.79 Å². The van der Waals surface area contributed by atoms with Crippen LogP contribution in [0.3, 0.4) is 0 Å². The summed E-state index contributed by atoms with van der Waals surface area (Å²) in [5.41, 5.74) is 2.36. The van der Waals surface area contributed by atoms with Crippen LogP contribution in [-0.2, 0) is 25.5 Å². The van der Waals surface area contributed by atoms with Gasteiger partial charge in [-0.2, -0.15) is 0 Å². The molecule has 1 fully saturated rings. The number of carbonyl (C=O) groups is 4. The van der Waals surface area contributed by atoms with Gasteiger partial charge in [-0.3, -0.25) is 14.4 Å². The van der Waals surface area contributed by atoms with Gasteiger partial charge in [0.05, 0.1) is 20.1 Å². The molecule has 52 heavy (non-hydrogen) atoms. The molecular formula is C40H43Cl4N3O5. The van der Waals surface area contributed by atoms with Gasteiger partial charge in [0.15, 0.2) is 5.78 Å². The van der Waals surface area contributed by atoms with Crippen molar-refractivity contribution in [2.24, 2.45) is 0 Å². The predicted molar refractivity (Wildman–Crippen MR) is 210 cm³/mol. The summed E-state index contributed by atoms with van der Waals surface area (Å²) in [5, 5.41) is 7.15. The van der Waals surface area contributed by atoms with Gasteiger partial charge in [0, 0.05) is 43.6 Å². The standard InChI is InChI=1S/C40H43Cl4N3O5/c1-40(2,3)52-39(51)45-18-10-5-4-9-13-36(48)46-35(23-26-11-7-6-8-12-26)38(50)47-24-29(19-27-14-16-31(41)33(43)21-27)37(49)30(25-47)20-28-15-17-32(42)34(44)22-28/h6-8,11-12,14-17,19-22,35H,4-5,9-10,13,18,23-25H2,1-3H3,(H,45,51)(H,46,48)/b29-19+,30-20+. The Morgan fingerprint density at radius 3 is 1.88 bits per heavy atom. The molecule has 1 unspecified atom stereocenters. The lowest BCUT2D eigenvalue weighted by atomic mass is 9.93. The van der Waals surface area contributed by atoms with Crippen LogP contribution in [0, 0.1) is 0 Å². The number of nitrogens with one attached hydrogen (secondary N) is 2. The minimum atomic E-state index is -0.876. The SMILES string of the molecule is CC(C)(C)OC(=O)NCCCCCCC(=O)NC(Cc1ccccc1)C(=O)N1C/C(=C\c2ccc(Cl)c(Cl)c2)C(=O)/C(=C/c2ccc(Cl)c(Cl)c2)C1. The minimum Gasteiger partial charge on any atom is -0.444 e. The van der Waals surface area contributed by atoms with Crippen LogP contribution >= 0.6 is 46.4 Å². The lowest BCUT2D eigenvalue weighted by Gasteiger charge is -2.33. The molecule has 1 aliphatic rings. The van der Waals surface area contributed by atoms with Crippen molar-refractivity contribution in [3.05, 3.63) is 115 Å². The molecule has 8 nitrogen and oxygen atoms in total. The molecule has 4 rings (SSSR count). The first-order chi connectivity index (χ1) is 24.7. The number of unbranched alkanes of at least 4 members (excludes halogenated alkanes) is 3. The highest BCUT2D eigenvalue weighted by Gasteiger charge is 2.33. The van der Waals surface area contributed by atoms with Crippen LogP contribution in [-0.4, -0.2) is 59.9 Å². The van der Waals surface area contributed by atoms with Gasteiger partial charge in [-0.05, 0) is 86.7 Å². The number of ether oxygens (including phenoxy) is 1. The Labute approximate surface area is 325 Å². The fourth-order valence-corrected chi connectivity index (χ4v) is 6.22. The van der Waals surface area contributed by atoms with Crippen LogP contribution in [0.4, 0.5) is 4.79 Å². The first-order valence-electron chi connectivity index (χ1n) is 17.1. The Bertz CT molecular complexity index is 1750. The summed E-state index contributed by atoms with van der Waals surface area (Å²) in [4.78, 5) is 54.9. The minimum absolute atomic E-state index is 0.0229. The molecular weight excluding hydrogens is 744 g/mol.